The fourth-order valence-corrected chi connectivity index (χ4v) is 3.92. The standard InChI is InChI=1S/C20H27ClN8S/c1-4-28-30-20(14(2)21)25-12-19-24-11-18(16-9-26-27-10-16)29(19)13-17(22-3)15-6-5-7-23-8-15/h4,9-11,13,15,23,25H,3,5-8,12H2,1-2H3,(H,26,27)/b17-13-,20-14+,28-4+. The molecular formula is C20H27ClN8S. The summed E-state index contributed by atoms with van der Waals surface area (Å²) in [6.45, 7) is 9.94. The monoisotopic (exact) mass is 446 g/mol. The molecule has 1 aliphatic heterocycles. The van der Waals surface area contributed by atoms with Crippen LogP contribution >= 0.6 is 23.5 Å². The highest BCUT2D eigenvalue weighted by Crippen LogP contribution is 2.26. The van der Waals surface area contributed by atoms with E-state index < -0.39 is 0 Å². The normalized spacial score (nSPS) is 18.5. The van der Waals surface area contributed by atoms with Crippen molar-refractivity contribution in [2.24, 2.45) is 15.3 Å². The number of nitrogens with zero attached hydrogens (tertiary/aromatic N) is 5. The van der Waals surface area contributed by atoms with Gasteiger partial charge in [0, 0.05) is 53.6 Å². The molecule has 30 heavy (non-hydrogen) atoms. The third-order valence-electron chi connectivity index (χ3n) is 4.80. The van der Waals surface area contributed by atoms with E-state index >= 15 is 0 Å². The quantitative estimate of drug-likeness (QED) is 0.399. The second-order valence-electron chi connectivity index (χ2n) is 6.84. The van der Waals surface area contributed by atoms with E-state index in [9.17, 15) is 0 Å². The molecule has 0 saturated carbocycles. The summed E-state index contributed by atoms with van der Waals surface area (Å²) >= 11 is 7.52. The topological polar surface area (TPSA) is 95.3 Å². The first-order valence-corrected chi connectivity index (χ1v) is 11.0. The molecule has 3 rings (SSSR count). The molecule has 2 aromatic rings. The second kappa shape index (κ2) is 11.1. The van der Waals surface area contributed by atoms with Crippen molar-refractivity contribution in [2.75, 3.05) is 13.1 Å². The fourth-order valence-electron chi connectivity index (χ4n) is 3.27. The van der Waals surface area contributed by atoms with Gasteiger partial charge < -0.3 is 10.6 Å². The molecule has 0 aliphatic carbocycles. The Balaban J connectivity index is 1.93. The van der Waals surface area contributed by atoms with Gasteiger partial charge >= 0.3 is 0 Å². The summed E-state index contributed by atoms with van der Waals surface area (Å²) in [5.74, 6) is 1.15. The molecule has 2 aromatic heterocycles. The lowest BCUT2D eigenvalue weighted by atomic mass is 9.96. The summed E-state index contributed by atoms with van der Waals surface area (Å²) in [5.41, 5.74) is 2.82. The average Bonchev–Trinajstić information content (AvgIpc) is 3.42. The Morgan fingerprint density at radius 3 is 3.00 bits per heavy atom. The smallest absolute Gasteiger partial charge is 0.132 e. The number of nitrogens with one attached hydrogen (secondary N) is 3. The molecule has 3 N–H and O–H groups in total. The van der Waals surface area contributed by atoms with Crippen molar-refractivity contribution in [1.82, 2.24) is 30.4 Å². The molecule has 1 saturated heterocycles. The predicted molar refractivity (Wildman–Crippen MR) is 126 cm³/mol. The van der Waals surface area contributed by atoms with E-state index in [-0.39, 0.29) is 0 Å². The molecular weight excluding hydrogens is 420 g/mol. The Bertz CT molecular complexity index is 919. The molecule has 0 aromatic carbocycles. The molecule has 3 heterocycles. The number of aromatic amines is 1. The van der Waals surface area contributed by atoms with E-state index in [2.05, 4.69) is 41.9 Å². The molecule has 0 amide bonds. The maximum atomic E-state index is 6.22. The third kappa shape index (κ3) is 5.62. The van der Waals surface area contributed by atoms with E-state index in [4.69, 9.17) is 11.6 Å². The van der Waals surface area contributed by atoms with E-state index in [1.165, 1.54) is 11.9 Å². The van der Waals surface area contributed by atoms with Crippen LogP contribution in [0.4, 0.5) is 0 Å². The number of H-pyrrole nitrogens is 1. The number of hydrogen-bond acceptors (Lipinski definition) is 7. The summed E-state index contributed by atoms with van der Waals surface area (Å²) in [6, 6.07) is 0. The molecule has 160 valence electrons. The highest BCUT2D eigenvalue weighted by atomic mass is 35.5. The molecule has 1 fully saturated rings. The first kappa shape index (κ1) is 22.3. The molecule has 0 radical (unpaired) electrons. The van der Waals surface area contributed by atoms with Crippen LogP contribution in [-0.2, 0) is 6.54 Å². The van der Waals surface area contributed by atoms with Gasteiger partial charge in [-0.15, -0.1) is 0 Å². The van der Waals surface area contributed by atoms with Crippen LogP contribution in [0, 0.1) is 5.92 Å². The Morgan fingerprint density at radius 2 is 2.37 bits per heavy atom. The Hall–Kier alpha value is -2.36. The fraction of sp³-hybridized carbons (Fsp3) is 0.400. The molecule has 8 nitrogen and oxygen atoms in total. The van der Waals surface area contributed by atoms with Crippen LogP contribution in [0.25, 0.3) is 17.5 Å². The van der Waals surface area contributed by atoms with Gasteiger partial charge in [-0.2, -0.15) is 5.10 Å². The zero-order chi connectivity index (χ0) is 21.3. The van der Waals surface area contributed by atoms with Gasteiger partial charge in [-0.25, -0.2) is 9.38 Å². The molecule has 1 unspecified atom stereocenters. The predicted octanol–water partition coefficient (Wildman–Crippen LogP) is 4.03. The van der Waals surface area contributed by atoms with Crippen LogP contribution in [0.1, 0.15) is 32.5 Å². The van der Waals surface area contributed by atoms with Gasteiger partial charge in [-0.1, -0.05) is 11.6 Å². The van der Waals surface area contributed by atoms with Crippen molar-refractivity contribution in [1.29, 1.82) is 0 Å². The second-order valence-corrected chi connectivity index (χ2v) is 8.21. The van der Waals surface area contributed by atoms with Crippen LogP contribution in [0.3, 0.4) is 0 Å². The van der Waals surface area contributed by atoms with Crippen LogP contribution in [0.5, 0.6) is 0 Å². The number of rotatable bonds is 9. The van der Waals surface area contributed by atoms with Gasteiger partial charge in [0.2, 0.25) is 0 Å². The SMILES string of the molecule is C=N/C(=C\n1c(-c2cn[nH]c2)cnc1CN/C(S/N=C/C)=C(/C)Cl)C1CCCNC1. The summed E-state index contributed by atoms with van der Waals surface area (Å²) in [4.78, 5) is 8.98. The average molecular weight is 447 g/mol. The van der Waals surface area contributed by atoms with Crippen molar-refractivity contribution in [2.45, 2.75) is 33.2 Å². The Morgan fingerprint density at radius 1 is 1.50 bits per heavy atom. The largest absolute Gasteiger partial charge is 0.370 e. The number of aromatic nitrogens is 4. The van der Waals surface area contributed by atoms with E-state index in [0.717, 1.165) is 53.7 Å². The van der Waals surface area contributed by atoms with Gasteiger partial charge in [0.05, 0.1) is 30.3 Å². The van der Waals surface area contributed by atoms with Gasteiger partial charge in [0.15, 0.2) is 0 Å². The maximum Gasteiger partial charge on any atom is 0.132 e. The van der Waals surface area contributed by atoms with Crippen LogP contribution in [0.2, 0.25) is 0 Å². The number of allylic oxidation sites excluding steroid dienone is 1. The molecule has 1 atom stereocenters. The van der Waals surface area contributed by atoms with E-state index in [1.807, 2.05) is 37.0 Å². The van der Waals surface area contributed by atoms with Gasteiger partial charge in [-0.05, 0) is 40.0 Å². The van der Waals surface area contributed by atoms with Crippen molar-refractivity contribution in [3.8, 4) is 11.3 Å². The summed E-state index contributed by atoms with van der Waals surface area (Å²) in [7, 11) is 0. The number of imidazole rings is 1. The van der Waals surface area contributed by atoms with Gasteiger partial charge in [0.25, 0.3) is 0 Å². The zero-order valence-corrected chi connectivity index (χ0v) is 18.8. The van der Waals surface area contributed by atoms with Crippen molar-refractivity contribution < 1.29 is 0 Å². The highest BCUT2D eigenvalue weighted by molar-refractivity contribution is 8.01. The molecule has 10 heteroatoms. The number of aliphatic imine (C=N–C) groups is 1. The summed E-state index contributed by atoms with van der Waals surface area (Å²) < 4.78 is 6.25. The molecule has 0 spiro atoms. The first-order valence-electron chi connectivity index (χ1n) is 9.83. The third-order valence-corrected chi connectivity index (χ3v) is 6.05. The van der Waals surface area contributed by atoms with Crippen LogP contribution < -0.4 is 10.6 Å². The lowest BCUT2D eigenvalue weighted by Gasteiger charge is -2.23. The minimum Gasteiger partial charge on any atom is -0.370 e. The van der Waals surface area contributed by atoms with Crippen molar-refractivity contribution in [3.63, 3.8) is 0 Å². The minimum atomic E-state index is 0.326. The van der Waals surface area contributed by atoms with Crippen LogP contribution in [-0.4, -0.2) is 45.8 Å². The highest BCUT2D eigenvalue weighted by Gasteiger charge is 2.19. The van der Waals surface area contributed by atoms with Gasteiger partial charge in [0.1, 0.15) is 10.9 Å². The first-order chi connectivity index (χ1) is 14.6. The van der Waals surface area contributed by atoms with E-state index in [1.54, 1.807) is 12.4 Å². The number of halogens is 1. The lowest BCUT2D eigenvalue weighted by Crippen LogP contribution is -2.30. The molecule has 0 bridgehead atoms. The number of hydrogen-bond donors (Lipinski definition) is 3. The minimum absolute atomic E-state index is 0.326. The van der Waals surface area contributed by atoms with Gasteiger partial charge in [-0.3, -0.25) is 14.7 Å². The zero-order valence-electron chi connectivity index (χ0n) is 17.2. The number of piperidine rings is 1. The van der Waals surface area contributed by atoms with Crippen molar-refractivity contribution >= 4 is 42.7 Å². The maximum absolute atomic E-state index is 6.22. The van der Waals surface area contributed by atoms with Crippen molar-refractivity contribution in [3.05, 3.63) is 40.2 Å². The Kier molecular flexibility index (Phi) is 8.30. The van der Waals surface area contributed by atoms with Crippen LogP contribution in [0.15, 0.2) is 43.7 Å². The Labute approximate surface area is 186 Å². The molecule has 1 aliphatic rings. The summed E-state index contributed by atoms with van der Waals surface area (Å²) in [6.07, 6.45) is 11.4. The summed E-state index contributed by atoms with van der Waals surface area (Å²) in [5, 5.41) is 15.2. The lowest BCUT2D eigenvalue weighted by molar-refractivity contribution is 0.421. The van der Waals surface area contributed by atoms with E-state index in [0.29, 0.717) is 17.5 Å².